The third kappa shape index (κ3) is 4.45. The third-order valence-electron chi connectivity index (χ3n) is 5.95. The number of nitrogens with two attached hydrogens (primary N) is 1. The highest BCUT2D eigenvalue weighted by atomic mass is 19.4. The Morgan fingerprint density at radius 2 is 1.84 bits per heavy atom. The van der Waals surface area contributed by atoms with Crippen molar-refractivity contribution in [3.8, 4) is 0 Å². The van der Waals surface area contributed by atoms with Gasteiger partial charge in [0.15, 0.2) is 5.96 Å². The number of nitrogens with zero attached hydrogens (tertiary/aromatic N) is 2. The van der Waals surface area contributed by atoms with Gasteiger partial charge in [-0.2, -0.15) is 13.2 Å². The molecule has 0 saturated carbocycles. The van der Waals surface area contributed by atoms with Crippen LogP contribution in [0.4, 0.5) is 24.5 Å². The quantitative estimate of drug-likeness (QED) is 0.513. The molecule has 4 rings (SSSR count). The Bertz CT molecular complexity index is 990. The van der Waals surface area contributed by atoms with Gasteiger partial charge in [-0.1, -0.05) is 12.1 Å². The number of carbonyl (C=O) groups excluding carboxylic acids is 1. The largest absolute Gasteiger partial charge is 0.416 e. The first-order valence-corrected chi connectivity index (χ1v) is 10.1. The number of benzene rings is 2. The van der Waals surface area contributed by atoms with Crippen LogP contribution in [-0.4, -0.2) is 41.3 Å². The molecule has 4 N–H and O–H groups in total. The third-order valence-corrected chi connectivity index (χ3v) is 5.95. The molecular formula is C22H24F3N5O. The second-order valence-electron chi connectivity index (χ2n) is 7.97. The Labute approximate surface area is 178 Å². The number of carbonyl (C=O) groups is 1. The normalized spacial score (nSPS) is 18.6. The maximum Gasteiger partial charge on any atom is 0.416 e. The van der Waals surface area contributed by atoms with Gasteiger partial charge in [0.2, 0.25) is 5.91 Å². The number of alkyl halides is 3. The number of halogens is 3. The number of likely N-dealkylation sites (tertiary alicyclic amines) is 1. The first-order chi connectivity index (χ1) is 14.7. The molecule has 2 aliphatic heterocycles. The summed E-state index contributed by atoms with van der Waals surface area (Å²) in [6.45, 7) is 2.17. The van der Waals surface area contributed by atoms with Gasteiger partial charge in [-0.15, -0.1) is 0 Å². The Hall–Kier alpha value is -3.23. The molecule has 1 fully saturated rings. The number of nitrogens with one attached hydrogen (secondary N) is 2. The van der Waals surface area contributed by atoms with Crippen LogP contribution in [0, 0.1) is 11.3 Å². The molecule has 164 valence electrons. The van der Waals surface area contributed by atoms with Gasteiger partial charge in [-0.25, -0.2) is 0 Å². The molecule has 6 nitrogen and oxygen atoms in total. The van der Waals surface area contributed by atoms with Crippen molar-refractivity contribution in [2.45, 2.75) is 25.6 Å². The second-order valence-corrected chi connectivity index (χ2v) is 7.97. The predicted octanol–water partition coefficient (Wildman–Crippen LogP) is 3.55. The van der Waals surface area contributed by atoms with Crippen LogP contribution in [0.1, 0.15) is 23.1 Å². The summed E-state index contributed by atoms with van der Waals surface area (Å²) in [7, 11) is 0. The van der Waals surface area contributed by atoms with Gasteiger partial charge in [0.1, 0.15) is 0 Å². The maximum atomic E-state index is 12.9. The average Bonchev–Trinajstić information content (AvgIpc) is 3.23. The summed E-state index contributed by atoms with van der Waals surface area (Å²) in [4.78, 5) is 16.5. The van der Waals surface area contributed by atoms with Gasteiger partial charge >= 0.3 is 6.18 Å². The molecule has 2 heterocycles. The molecule has 2 aromatic rings. The monoisotopic (exact) mass is 431 g/mol. The van der Waals surface area contributed by atoms with Crippen molar-refractivity contribution in [1.29, 1.82) is 5.41 Å². The summed E-state index contributed by atoms with van der Waals surface area (Å²) in [5, 5.41) is 10.8. The summed E-state index contributed by atoms with van der Waals surface area (Å²) in [6, 6.07) is 10.7. The van der Waals surface area contributed by atoms with E-state index in [2.05, 4.69) is 5.32 Å². The van der Waals surface area contributed by atoms with Crippen molar-refractivity contribution in [1.82, 2.24) is 9.80 Å². The topological polar surface area (TPSA) is 85.5 Å². The Kier molecular flexibility index (Phi) is 5.51. The van der Waals surface area contributed by atoms with Gasteiger partial charge in [-0.3, -0.25) is 10.2 Å². The number of anilines is 2. The van der Waals surface area contributed by atoms with E-state index in [-0.39, 0.29) is 17.8 Å². The van der Waals surface area contributed by atoms with E-state index in [1.807, 2.05) is 23.1 Å². The van der Waals surface area contributed by atoms with Gasteiger partial charge in [-0.05, 0) is 54.3 Å². The van der Waals surface area contributed by atoms with Gasteiger partial charge in [0.25, 0.3) is 0 Å². The summed E-state index contributed by atoms with van der Waals surface area (Å²) in [6.07, 6.45) is -3.01. The van der Waals surface area contributed by atoms with Crippen molar-refractivity contribution in [3.63, 3.8) is 0 Å². The van der Waals surface area contributed by atoms with Crippen LogP contribution in [0.25, 0.3) is 0 Å². The molecule has 1 amide bonds. The summed E-state index contributed by atoms with van der Waals surface area (Å²) in [5.41, 5.74) is 8.37. The zero-order chi connectivity index (χ0) is 22.2. The van der Waals surface area contributed by atoms with E-state index in [1.165, 1.54) is 12.1 Å². The van der Waals surface area contributed by atoms with Gasteiger partial charge in [0.05, 0.1) is 11.5 Å². The number of amides is 1. The Balaban J connectivity index is 1.45. The minimum absolute atomic E-state index is 0.00160. The van der Waals surface area contributed by atoms with Crippen LogP contribution in [-0.2, 0) is 23.9 Å². The molecule has 9 heteroatoms. The number of rotatable bonds is 3. The fourth-order valence-corrected chi connectivity index (χ4v) is 4.25. The van der Waals surface area contributed by atoms with Crippen molar-refractivity contribution < 1.29 is 18.0 Å². The lowest BCUT2D eigenvalue weighted by atomic mass is 9.96. The van der Waals surface area contributed by atoms with Crippen molar-refractivity contribution in [2.75, 3.05) is 25.0 Å². The van der Waals surface area contributed by atoms with Gasteiger partial charge < -0.3 is 20.9 Å². The first kappa shape index (κ1) is 21.0. The lowest BCUT2D eigenvalue weighted by Gasteiger charge is -2.32. The zero-order valence-electron chi connectivity index (χ0n) is 16.9. The minimum Gasteiger partial charge on any atom is -0.370 e. The fraction of sp³-hybridized carbons (Fsp3) is 0.364. The standard InChI is InChI=1S/C22H24F3N5O/c23-22(24,25)16-4-6-17(7-5-16)28-19-3-1-2-14-12-29(11-9-18(14)19)20(31)15-8-10-30(13-15)21(26)27/h1-7,15,28H,8-13H2,(H3,26,27). The van der Waals surface area contributed by atoms with Crippen LogP contribution < -0.4 is 11.1 Å². The van der Waals surface area contributed by atoms with Crippen LogP contribution in [0.5, 0.6) is 0 Å². The molecule has 1 atom stereocenters. The second kappa shape index (κ2) is 8.13. The predicted molar refractivity (Wildman–Crippen MR) is 112 cm³/mol. The van der Waals surface area contributed by atoms with E-state index in [1.54, 1.807) is 4.90 Å². The van der Waals surface area contributed by atoms with E-state index >= 15 is 0 Å². The molecule has 0 aromatic heterocycles. The van der Waals surface area contributed by atoms with E-state index in [9.17, 15) is 18.0 Å². The van der Waals surface area contributed by atoms with Crippen LogP contribution in [0.15, 0.2) is 42.5 Å². The maximum absolute atomic E-state index is 12.9. The lowest BCUT2D eigenvalue weighted by molar-refractivity contribution is -0.137. The molecule has 31 heavy (non-hydrogen) atoms. The molecule has 2 aliphatic rings. The molecule has 1 saturated heterocycles. The van der Waals surface area contributed by atoms with Crippen molar-refractivity contribution >= 4 is 23.2 Å². The van der Waals surface area contributed by atoms with Gasteiger partial charge in [0, 0.05) is 37.6 Å². The van der Waals surface area contributed by atoms with Crippen LogP contribution in [0.3, 0.4) is 0 Å². The average molecular weight is 431 g/mol. The highest BCUT2D eigenvalue weighted by Gasteiger charge is 2.34. The Morgan fingerprint density at radius 1 is 1.10 bits per heavy atom. The molecule has 0 radical (unpaired) electrons. The SMILES string of the molecule is N=C(N)N1CCC(C(=O)N2CCc3c(cccc3Nc3ccc(C(F)(F)F)cc3)C2)C1. The molecular weight excluding hydrogens is 407 g/mol. The fourth-order valence-electron chi connectivity index (χ4n) is 4.25. The summed E-state index contributed by atoms with van der Waals surface area (Å²) in [5.74, 6) is -0.0762. The van der Waals surface area contributed by atoms with Crippen molar-refractivity contribution in [2.24, 2.45) is 11.7 Å². The Morgan fingerprint density at radius 3 is 2.48 bits per heavy atom. The van der Waals surface area contributed by atoms with Crippen LogP contribution >= 0.6 is 0 Å². The molecule has 2 aromatic carbocycles. The van der Waals surface area contributed by atoms with E-state index in [0.717, 1.165) is 28.9 Å². The summed E-state index contributed by atoms with van der Waals surface area (Å²) >= 11 is 0. The highest BCUT2D eigenvalue weighted by Crippen LogP contribution is 2.33. The van der Waals surface area contributed by atoms with Crippen molar-refractivity contribution in [3.05, 3.63) is 59.2 Å². The molecule has 0 bridgehead atoms. The lowest BCUT2D eigenvalue weighted by Crippen LogP contribution is -2.41. The zero-order valence-corrected chi connectivity index (χ0v) is 16.9. The van der Waals surface area contributed by atoms with E-state index in [4.69, 9.17) is 11.1 Å². The minimum atomic E-state index is -4.36. The van der Waals surface area contributed by atoms with E-state index < -0.39 is 11.7 Å². The number of hydrogen-bond donors (Lipinski definition) is 3. The van der Waals surface area contributed by atoms with E-state index in [0.29, 0.717) is 44.7 Å². The number of guanidine groups is 1. The highest BCUT2D eigenvalue weighted by molar-refractivity contribution is 5.82. The first-order valence-electron chi connectivity index (χ1n) is 10.1. The summed E-state index contributed by atoms with van der Waals surface area (Å²) < 4.78 is 38.3. The molecule has 0 aliphatic carbocycles. The molecule has 1 unspecified atom stereocenters. The smallest absolute Gasteiger partial charge is 0.370 e. The number of fused-ring (bicyclic) bond motifs is 1. The molecule has 0 spiro atoms. The van der Waals surface area contributed by atoms with Crippen LogP contribution in [0.2, 0.25) is 0 Å². The number of hydrogen-bond acceptors (Lipinski definition) is 3.